The number of halogens is 5. The molecule has 1 N–H and O–H groups in total. The van der Waals surface area contributed by atoms with E-state index in [9.17, 15) is 31.5 Å². The number of alkyl halides is 3. The lowest BCUT2D eigenvalue weighted by atomic mass is 10.0. The third kappa shape index (κ3) is 5.27. The number of rotatable bonds is 5. The van der Waals surface area contributed by atoms with E-state index in [2.05, 4.69) is 10.1 Å². The number of carbonyl (C=O) groups excluding carboxylic acids is 1. The van der Waals surface area contributed by atoms with Crippen LogP contribution >= 0.6 is 0 Å². The summed E-state index contributed by atoms with van der Waals surface area (Å²) in [4.78, 5) is 23.6. The van der Waals surface area contributed by atoms with E-state index in [1.807, 2.05) is 0 Å². The van der Waals surface area contributed by atoms with Crippen molar-refractivity contribution in [3.05, 3.63) is 87.8 Å². The third-order valence-corrected chi connectivity index (χ3v) is 4.33. The highest BCUT2D eigenvalue weighted by Gasteiger charge is 2.32. The highest BCUT2D eigenvalue weighted by Crippen LogP contribution is 2.31. The minimum atomic E-state index is -5.06. The first-order valence-corrected chi connectivity index (χ1v) is 8.83. The molecule has 0 fully saturated rings. The lowest BCUT2D eigenvalue weighted by molar-refractivity contribution is -0.275. The summed E-state index contributed by atoms with van der Waals surface area (Å²) >= 11 is 0. The van der Waals surface area contributed by atoms with Crippen LogP contribution in [0.1, 0.15) is 15.9 Å². The second-order valence-corrected chi connectivity index (χ2v) is 6.52. The third-order valence-electron chi connectivity index (χ3n) is 4.33. The van der Waals surface area contributed by atoms with Crippen LogP contribution in [0.3, 0.4) is 0 Å². The number of hydrogen-bond acceptors (Lipinski definition) is 3. The number of benzene rings is 2. The van der Waals surface area contributed by atoms with Crippen molar-refractivity contribution in [3.63, 3.8) is 0 Å². The van der Waals surface area contributed by atoms with Gasteiger partial charge in [-0.1, -0.05) is 24.3 Å². The SMILES string of the molecule is Cn1cc(C(=O)NCc2cccc(-c3ccc(OC(F)(F)F)c(F)c3)c2F)ccc1=O. The lowest BCUT2D eigenvalue weighted by Gasteiger charge is -2.12. The summed E-state index contributed by atoms with van der Waals surface area (Å²) in [5.74, 6) is -3.65. The van der Waals surface area contributed by atoms with Crippen molar-refractivity contribution >= 4 is 5.91 Å². The average Bonchev–Trinajstić information content (AvgIpc) is 2.69. The van der Waals surface area contributed by atoms with E-state index in [4.69, 9.17) is 0 Å². The number of ether oxygens (including phenoxy) is 1. The average molecular weight is 438 g/mol. The van der Waals surface area contributed by atoms with Gasteiger partial charge in [0.1, 0.15) is 5.82 Å². The molecule has 0 atom stereocenters. The molecule has 0 radical (unpaired) electrons. The zero-order chi connectivity index (χ0) is 22.8. The van der Waals surface area contributed by atoms with Gasteiger partial charge in [-0.05, 0) is 23.8 Å². The van der Waals surface area contributed by atoms with E-state index in [0.29, 0.717) is 0 Å². The molecule has 5 nitrogen and oxygen atoms in total. The number of pyridine rings is 1. The van der Waals surface area contributed by atoms with Crippen LogP contribution in [-0.2, 0) is 13.6 Å². The van der Waals surface area contributed by atoms with Crippen LogP contribution in [0.5, 0.6) is 5.75 Å². The molecule has 1 heterocycles. The van der Waals surface area contributed by atoms with Crippen LogP contribution in [0.25, 0.3) is 11.1 Å². The molecule has 0 bridgehead atoms. The van der Waals surface area contributed by atoms with Crippen LogP contribution in [-0.4, -0.2) is 16.8 Å². The zero-order valence-corrected chi connectivity index (χ0v) is 16.0. The summed E-state index contributed by atoms with van der Waals surface area (Å²) in [6.45, 7) is -0.209. The lowest BCUT2D eigenvalue weighted by Crippen LogP contribution is -2.25. The first kappa shape index (κ1) is 22.0. The van der Waals surface area contributed by atoms with Crippen molar-refractivity contribution in [1.29, 1.82) is 0 Å². The number of nitrogens with zero attached hydrogens (tertiary/aromatic N) is 1. The number of aryl methyl sites for hydroxylation is 1. The standard InChI is InChI=1S/C21H15F5N2O3/c1-28-11-14(6-8-18(28)29)20(30)27-10-13-3-2-4-15(19(13)23)12-5-7-17(16(22)9-12)31-21(24,25)26/h2-9,11H,10H2,1H3,(H,27,30). The number of aromatic nitrogens is 1. The first-order chi connectivity index (χ1) is 14.5. The fraction of sp³-hybridized carbons (Fsp3) is 0.143. The molecular weight excluding hydrogens is 423 g/mol. The molecule has 0 saturated carbocycles. The van der Waals surface area contributed by atoms with Crippen LogP contribution < -0.4 is 15.6 Å². The predicted octanol–water partition coefficient (Wildman–Crippen LogP) is 4.16. The van der Waals surface area contributed by atoms with E-state index in [1.165, 1.54) is 48.1 Å². The van der Waals surface area contributed by atoms with Gasteiger partial charge >= 0.3 is 6.36 Å². The Morgan fingerprint density at radius 3 is 2.48 bits per heavy atom. The molecule has 0 saturated heterocycles. The van der Waals surface area contributed by atoms with E-state index in [0.717, 1.165) is 18.2 Å². The van der Waals surface area contributed by atoms with Crippen molar-refractivity contribution in [2.75, 3.05) is 0 Å². The van der Waals surface area contributed by atoms with Crippen molar-refractivity contribution in [2.24, 2.45) is 7.05 Å². The molecule has 3 rings (SSSR count). The topological polar surface area (TPSA) is 60.3 Å². The number of nitrogens with one attached hydrogen (secondary N) is 1. The summed E-state index contributed by atoms with van der Waals surface area (Å²) in [6.07, 6.45) is -3.73. The van der Waals surface area contributed by atoms with Gasteiger partial charge in [-0.3, -0.25) is 9.59 Å². The Bertz CT molecular complexity index is 1190. The van der Waals surface area contributed by atoms with Gasteiger partial charge in [-0.25, -0.2) is 8.78 Å². The second-order valence-electron chi connectivity index (χ2n) is 6.52. The summed E-state index contributed by atoms with van der Waals surface area (Å²) in [5.41, 5.74) is -0.0936. The molecule has 0 aliphatic carbocycles. The van der Waals surface area contributed by atoms with Gasteiger partial charge in [0.2, 0.25) is 5.56 Å². The van der Waals surface area contributed by atoms with E-state index < -0.39 is 29.7 Å². The van der Waals surface area contributed by atoms with Crippen molar-refractivity contribution in [1.82, 2.24) is 9.88 Å². The Kier molecular flexibility index (Phi) is 6.09. The Hall–Kier alpha value is -3.69. The molecule has 2 aromatic carbocycles. The molecule has 31 heavy (non-hydrogen) atoms. The van der Waals surface area contributed by atoms with Gasteiger partial charge in [0, 0.05) is 37.0 Å². The van der Waals surface area contributed by atoms with Gasteiger partial charge in [0.05, 0.1) is 5.56 Å². The van der Waals surface area contributed by atoms with Crippen molar-refractivity contribution < 1.29 is 31.5 Å². The smallest absolute Gasteiger partial charge is 0.403 e. The Morgan fingerprint density at radius 1 is 1.10 bits per heavy atom. The summed E-state index contributed by atoms with van der Waals surface area (Å²) in [5, 5.41) is 2.51. The molecule has 1 aromatic heterocycles. The molecule has 0 unspecified atom stereocenters. The van der Waals surface area contributed by atoms with Crippen LogP contribution in [0, 0.1) is 11.6 Å². The molecule has 3 aromatic rings. The second kappa shape index (κ2) is 8.58. The quantitative estimate of drug-likeness (QED) is 0.609. The van der Waals surface area contributed by atoms with Gasteiger partial charge in [-0.15, -0.1) is 13.2 Å². The van der Waals surface area contributed by atoms with Gasteiger partial charge in [-0.2, -0.15) is 0 Å². The van der Waals surface area contributed by atoms with Crippen molar-refractivity contribution in [3.8, 4) is 16.9 Å². The Morgan fingerprint density at radius 2 is 1.84 bits per heavy atom. The largest absolute Gasteiger partial charge is 0.573 e. The highest BCUT2D eigenvalue weighted by molar-refractivity contribution is 5.93. The summed E-state index contributed by atoms with van der Waals surface area (Å²) in [6, 6.07) is 9.32. The maximum absolute atomic E-state index is 14.9. The van der Waals surface area contributed by atoms with Gasteiger partial charge in [0.25, 0.3) is 5.91 Å². The molecular formula is C21H15F5N2O3. The highest BCUT2D eigenvalue weighted by atomic mass is 19.4. The Balaban J connectivity index is 1.80. The van der Waals surface area contributed by atoms with Gasteiger partial charge in [0.15, 0.2) is 11.6 Å². The first-order valence-electron chi connectivity index (χ1n) is 8.83. The molecule has 0 aliphatic heterocycles. The van der Waals surface area contributed by atoms with E-state index >= 15 is 0 Å². The molecule has 1 amide bonds. The minimum Gasteiger partial charge on any atom is -0.403 e. The fourth-order valence-electron chi connectivity index (χ4n) is 2.82. The molecule has 0 spiro atoms. The van der Waals surface area contributed by atoms with Crippen molar-refractivity contribution in [2.45, 2.75) is 12.9 Å². The maximum atomic E-state index is 14.9. The summed E-state index contributed by atoms with van der Waals surface area (Å²) in [7, 11) is 1.48. The fourth-order valence-corrected chi connectivity index (χ4v) is 2.82. The number of carbonyl (C=O) groups is 1. The summed E-state index contributed by atoms with van der Waals surface area (Å²) < 4.78 is 70.5. The van der Waals surface area contributed by atoms with Gasteiger partial charge < -0.3 is 14.6 Å². The monoisotopic (exact) mass is 438 g/mol. The van der Waals surface area contributed by atoms with Crippen LogP contribution in [0.2, 0.25) is 0 Å². The van der Waals surface area contributed by atoms with E-state index in [-0.39, 0.29) is 34.4 Å². The molecule has 10 heteroatoms. The normalized spacial score (nSPS) is 11.3. The Labute approximate surface area is 172 Å². The molecule has 162 valence electrons. The number of hydrogen-bond donors (Lipinski definition) is 1. The minimum absolute atomic E-state index is 0.00393. The van der Waals surface area contributed by atoms with Crippen LogP contribution in [0.15, 0.2) is 59.5 Å². The zero-order valence-electron chi connectivity index (χ0n) is 16.0. The molecule has 0 aliphatic rings. The number of amides is 1. The van der Waals surface area contributed by atoms with Crippen LogP contribution in [0.4, 0.5) is 22.0 Å². The maximum Gasteiger partial charge on any atom is 0.573 e. The predicted molar refractivity (Wildman–Crippen MR) is 101 cm³/mol. The van der Waals surface area contributed by atoms with E-state index in [1.54, 1.807) is 0 Å².